The second-order valence-corrected chi connectivity index (χ2v) is 6.18. The molecular formula is C15H29NO2. The maximum absolute atomic E-state index is 10.1. The van der Waals surface area contributed by atoms with E-state index in [0.717, 1.165) is 19.6 Å². The molecule has 0 aromatic carbocycles. The maximum Gasteiger partial charge on any atom is 0.0597 e. The predicted molar refractivity (Wildman–Crippen MR) is 73.6 cm³/mol. The van der Waals surface area contributed by atoms with Crippen molar-refractivity contribution in [2.75, 3.05) is 19.7 Å². The van der Waals surface area contributed by atoms with E-state index >= 15 is 0 Å². The van der Waals surface area contributed by atoms with Crippen molar-refractivity contribution in [3.05, 3.63) is 0 Å². The van der Waals surface area contributed by atoms with Crippen molar-refractivity contribution in [1.29, 1.82) is 0 Å². The predicted octanol–water partition coefficient (Wildman–Crippen LogP) is 2.43. The Morgan fingerprint density at radius 2 is 2.00 bits per heavy atom. The van der Waals surface area contributed by atoms with Gasteiger partial charge in [0, 0.05) is 18.5 Å². The third-order valence-corrected chi connectivity index (χ3v) is 4.52. The molecule has 18 heavy (non-hydrogen) atoms. The van der Waals surface area contributed by atoms with Gasteiger partial charge < -0.3 is 9.84 Å². The molecule has 0 aromatic rings. The Hall–Kier alpha value is -0.120. The first-order valence-electron chi connectivity index (χ1n) is 7.72. The summed E-state index contributed by atoms with van der Waals surface area (Å²) in [6.07, 6.45) is 7.61. The number of aliphatic hydroxyl groups is 1. The summed E-state index contributed by atoms with van der Waals surface area (Å²) in [6, 6.07) is 0.604. The lowest BCUT2D eigenvalue weighted by atomic mass is 9.88. The normalized spacial score (nSPS) is 34.3. The van der Waals surface area contributed by atoms with Gasteiger partial charge in [0.05, 0.1) is 18.8 Å². The number of nitrogens with zero attached hydrogens (tertiary/aromatic N) is 1. The molecule has 2 aliphatic rings. The molecule has 2 rings (SSSR count). The molecule has 1 heterocycles. The van der Waals surface area contributed by atoms with Crippen LogP contribution in [-0.2, 0) is 4.74 Å². The highest BCUT2D eigenvalue weighted by Gasteiger charge is 2.36. The van der Waals surface area contributed by atoms with Gasteiger partial charge in [-0.15, -0.1) is 0 Å². The highest BCUT2D eigenvalue weighted by atomic mass is 16.5. The van der Waals surface area contributed by atoms with Crippen LogP contribution in [0.2, 0.25) is 0 Å². The summed E-state index contributed by atoms with van der Waals surface area (Å²) in [6.45, 7) is 7.24. The fourth-order valence-electron chi connectivity index (χ4n) is 3.60. The summed E-state index contributed by atoms with van der Waals surface area (Å²) in [7, 11) is 0. The first-order valence-corrected chi connectivity index (χ1v) is 7.72. The summed E-state index contributed by atoms with van der Waals surface area (Å²) in [5.41, 5.74) is 0. The van der Waals surface area contributed by atoms with Gasteiger partial charge in [-0.1, -0.05) is 12.8 Å². The van der Waals surface area contributed by atoms with Crippen LogP contribution < -0.4 is 0 Å². The smallest absolute Gasteiger partial charge is 0.0597 e. The quantitative estimate of drug-likeness (QED) is 0.819. The number of aliphatic hydroxyl groups excluding tert-OH is 1. The second kappa shape index (κ2) is 6.88. The van der Waals surface area contributed by atoms with Gasteiger partial charge in [0.25, 0.3) is 0 Å². The van der Waals surface area contributed by atoms with Crippen LogP contribution >= 0.6 is 0 Å². The number of ether oxygens (including phenoxy) is 1. The van der Waals surface area contributed by atoms with Gasteiger partial charge in [0.2, 0.25) is 0 Å². The van der Waals surface area contributed by atoms with Crippen molar-refractivity contribution in [3.63, 3.8) is 0 Å². The van der Waals surface area contributed by atoms with E-state index < -0.39 is 0 Å². The monoisotopic (exact) mass is 255 g/mol. The fourth-order valence-corrected chi connectivity index (χ4v) is 3.60. The molecule has 1 saturated carbocycles. The molecule has 1 aliphatic carbocycles. The molecule has 3 heteroatoms. The summed E-state index contributed by atoms with van der Waals surface area (Å²) in [4.78, 5) is 2.57. The number of rotatable bonds is 5. The summed E-state index contributed by atoms with van der Waals surface area (Å²) in [5.74, 6) is 0.518. The Labute approximate surface area is 112 Å². The fraction of sp³-hybridized carbons (Fsp3) is 1.00. The molecular weight excluding hydrogens is 226 g/mol. The third-order valence-electron chi connectivity index (χ3n) is 4.52. The van der Waals surface area contributed by atoms with Crippen molar-refractivity contribution in [1.82, 2.24) is 4.90 Å². The van der Waals surface area contributed by atoms with Crippen LogP contribution in [0.1, 0.15) is 52.4 Å². The van der Waals surface area contributed by atoms with E-state index in [4.69, 9.17) is 4.74 Å². The van der Waals surface area contributed by atoms with Crippen LogP contribution in [0.3, 0.4) is 0 Å². The third kappa shape index (κ3) is 3.69. The van der Waals surface area contributed by atoms with Crippen LogP contribution in [0, 0.1) is 5.92 Å². The van der Waals surface area contributed by atoms with Crippen molar-refractivity contribution < 1.29 is 9.84 Å². The van der Waals surface area contributed by atoms with E-state index in [-0.39, 0.29) is 6.10 Å². The first-order chi connectivity index (χ1) is 8.68. The van der Waals surface area contributed by atoms with Crippen LogP contribution in [0.25, 0.3) is 0 Å². The number of hydrogen-bond acceptors (Lipinski definition) is 3. The topological polar surface area (TPSA) is 32.7 Å². The molecule has 106 valence electrons. The molecule has 1 aliphatic heterocycles. The van der Waals surface area contributed by atoms with Crippen LogP contribution in [0.15, 0.2) is 0 Å². The Bertz CT molecular complexity index is 245. The summed E-state index contributed by atoms with van der Waals surface area (Å²) in [5, 5.41) is 10.1. The Morgan fingerprint density at radius 1 is 1.17 bits per heavy atom. The van der Waals surface area contributed by atoms with Gasteiger partial charge in [-0.2, -0.15) is 0 Å². The molecule has 3 unspecified atom stereocenters. The lowest BCUT2D eigenvalue weighted by Gasteiger charge is -2.40. The highest BCUT2D eigenvalue weighted by Crippen LogP contribution is 2.34. The van der Waals surface area contributed by atoms with Crippen LogP contribution in [-0.4, -0.2) is 48.0 Å². The standard InChI is InChI=1S/C15H29NO2/c1-12(2)18-11-10-16-9-4-3-7-14(16)13-6-5-8-15(13)17/h12-15,17H,3-11H2,1-2H3. The molecule has 0 amide bonds. The Balaban J connectivity index is 1.85. The summed E-state index contributed by atoms with van der Waals surface area (Å²) < 4.78 is 5.68. The van der Waals surface area contributed by atoms with E-state index in [9.17, 15) is 5.11 Å². The second-order valence-electron chi connectivity index (χ2n) is 6.18. The van der Waals surface area contributed by atoms with E-state index in [1.54, 1.807) is 0 Å². The van der Waals surface area contributed by atoms with Crippen molar-refractivity contribution in [3.8, 4) is 0 Å². The number of hydrogen-bond donors (Lipinski definition) is 1. The lowest BCUT2D eigenvalue weighted by molar-refractivity contribution is 0.00486. The Kier molecular flexibility index (Phi) is 5.46. The molecule has 1 N–H and O–H groups in total. The number of piperidine rings is 1. The van der Waals surface area contributed by atoms with E-state index in [1.165, 1.54) is 38.6 Å². The molecule has 3 nitrogen and oxygen atoms in total. The molecule has 1 saturated heterocycles. The number of likely N-dealkylation sites (tertiary alicyclic amines) is 1. The molecule has 3 atom stereocenters. The van der Waals surface area contributed by atoms with E-state index in [0.29, 0.717) is 18.1 Å². The first kappa shape index (κ1) is 14.3. The van der Waals surface area contributed by atoms with Crippen molar-refractivity contribution in [2.45, 2.75) is 70.6 Å². The SMILES string of the molecule is CC(C)OCCN1CCCCC1C1CCCC1O. The van der Waals surface area contributed by atoms with Gasteiger partial charge in [-0.3, -0.25) is 4.90 Å². The van der Waals surface area contributed by atoms with Crippen LogP contribution in [0.5, 0.6) is 0 Å². The molecule has 0 aromatic heterocycles. The van der Waals surface area contributed by atoms with Gasteiger partial charge in [-0.05, 0) is 46.1 Å². The van der Waals surface area contributed by atoms with Gasteiger partial charge in [-0.25, -0.2) is 0 Å². The zero-order valence-corrected chi connectivity index (χ0v) is 12.0. The van der Waals surface area contributed by atoms with Crippen molar-refractivity contribution in [2.24, 2.45) is 5.92 Å². The lowest BCUT2D eigenvalue weighted by Crippen LogP contribution is -2.47. The van der Waals surface area contributed by atoms with Gasteiger partial charge in [0.1, 0.15) is 0 Å². The van der Waals surface area contributed by atoms with E-state index in [2.05, 4.69) is 18.7 Å². The average Bonchev–Trinajstić information content (AvgIpc) is 2.76. The van der Waals surface area contributed by atoms with Gasteiger partial charge >= 0.3 is 0 Å². The van der Waals surface area contributed by atoms with Gasteiger partial charge in [0.15, 0.2) is 0 Å². The maximum atomic E-state index is 10.1. The van der Waals surface area contributed by atoms with Crippen LogP contribution in [0.4, 0.5) is 0 Å². The zero-order valence-electron chi connectivity index (χ0n) is 12.0. The Morgan fingerprint density at radius 3 is 2.67 bits per heavy atom. The highest BCUT2D eigenvalue weighted by molar-refractivity contribution is 4.90. The minimum atomic E-state index is -0.0541. The molecule has 0 radical (unpaired) electrons. The van der Waals surface area contributed by atoms with Crippen molar-refractivity contribution >= 4 is 0 Å². The summed E-state index contributed by atoms with van der Waals surface area (Å²) >= 11 is 0. The largest absolute Gasteiger partial charge is 0.393 e. The minimum absolute atomic E-state index is 0.0541. The van der Waals surface area contributed by atoms with E-state index in [1.807, 2.05) is 0 Å². The molecule has 0 bridgehead atoms. The molecule has 2 fully saturated rings. The zero-order chi connectivity index (χ0) is 13.0. The minimum Gasteiger partial charge on any atom is -0.393 e. The molecule has 0 spiro atoms. The average molecular weight is 255 g/mol.